The summed E-state index contributed by atoms with van der Waals surface area (Å²) in [5, 5.41) is 20.8. The summed E-state index contributed by atoms with van der Waals surface area (Å²) in [7, 11) is 3.07. The van der Waals surface area contributed by atoms with E-state index in [1.807, 2.05) is 60.2 Å². The van der Waals surface area contributed by atoms with Crippen LogP contribution in [0.4, 0.5) is 0 Å². The topological polar surface area (TPSA) is 111 Å². The number of carbonyl (C=O) groups excluding carboxylic acids is 2. The first-order valence-corrected chi connectivity index (χ1v) is 16.8. The fraction of sp³-hybridized carbons (Fsp3) is 0.229. The maximum atomic E-state index is 13.8. The maximum Gasteiger partial charge on any atom is 0.253 e. The van der Waals surface area contributed by atoms with E-state index in [-0.39, 0.29) is 30.2 Å². The Bertz CT molecular complexity index is 1900. The van der Waals surface area contributed by atoms with E-state index in [2.05, 4.69) is 39.8 Å². The van der Waals surface area contributed by atoms with Gasteiger partial charge in [-0.25, -0.2) is 5.01 Å². The first-order valence-electron chi connectivity index (χ1n) is 15.0. The lowest BCUT2D eigenvalue weighted by Crippen LogP contribution is -2.28. The van der Waals surface area contributed by atoms with Crippen LogP contribution in [0.3, 0.4) is 0 Å². The second-order valence-electron chi connectivity index (χ2n) is 11.0. The van der Waals surface area contributed by atoms with Crippen molar-refractivity contribution in [2.75, 3.05) is 20.0 Å². The quantitative estimate of drug-likeness (QED) is 0.163. The van der Waals surface area contributed by atoms with E-state index < -0.39 is 0 Å². The minimum Gasteiger partial charge on any atom is -0.497 e. The number of thiophene rings is 1. The van der Waals surface area contributed by atoms with Crippen molar-refractivity contribution >= 4 is 40.6 Å². The first kappa shape index (κ1) is 32.0. The van der Waals surface area contributed by atoms with E-state index in [4.69, 9.17) is 14.6 Å². The molecule has 1 aliphatic rings. The lowest BCUT2D eigenvalue weighted by atomic mass is 10.00. The molecule has 0 saturated carbocycles. The van der Waals surface area contributed by atoms with Crippen LogP contribution in [0.15, 0.2) is 94.5 Å². The lowest BCUT2D eigenvalue weighted by molar-refractivity contribution is -0.130. The van der Waals surface area contributed by atoms with Gasteiger partial charge in [0.2, 0.25) is 0 Å². The van der Waals surface area contributed by atoms with Gasteiger partial charge in [-0.2, -0.15) is 5.10 Å². The fourth-order valence-electron chi connectivity index (χ4n) is 5.31. The van der Waals surface area contributed by atoms with Crippen molar-refractivity contribution in [2.24, 2.45) is 5.10 Å². The molecule has 1 atom stereocenters. The number of nitrogens with zero attached hydrogens (tertiary/aromatic N) is 5. The van der Waals surface area contributed by atoms with E-state index in [9.17, 15) is 9.59 Å². The molecular weight excluding hydrogens is 633 g/mol. The van der Waals surface area contributed by atoms with Crippen molar-refractivity contribution in [1.82, 2.24) is 25.1 Å². The minimum atomic E-state index is -0.319. The summed E-state index contributed by atoms with van der Waals surface area (Å²) in [6.45, 7) is 4.15. The molecule has 3 heterocycles. The molecule has 6 rings (SSSR count). The van der Waals surface area contributed by atoms with Gasteiger partial charge in [-0.3, -0.25) is 14.2 Å². The Morgan fingerprint density at radius 2 is 1.70 bits per heavy atom. The van der Waals surface area contributed by atoms with Crippen LogP contribution >= 0.6 is 23.1 Å². The van der Waals surface area contributed by atoms with E-state index in [0.29, 0.717) is 34.5 Å². The third-order valence-electron chi connectivity index (χ3n) is 7.74. The second kappa shape index (κ2) is 14.2. The van der Waals surface area contributed by atoms with Gasteiger partial charge in [0.15, 0.2) is 11.0 Å². The molecule has 0 aliphatic carbocycles. The van der Waals surface area contributed by atoms with Gasteiger partial charge in [0, 0.05) is 23.7 Å². The van der Waals surface area contributed by atoms with Crippen LogP contribution in [0.5, 0.6) is 11.5 Å². The number of aromatic nitrogens is 3. The van der Waals surface area contributed by atoms with Gasteiger partial charge >= 0.3 is 0 Å². The molecular formula is C35H34N6O4S2. The van der Waals surface area contributed by atoms with Crippen molar-refractivity contribution in [3.05, 3.63) is 117 Å². The largest absolute Gasteiger partial charge is 0.497 e. The van der Waals surface area contributed by atoms with Gasteiger partial charge < -0.3 is 14.8 Å². The predicted molar refractivity (Wildman–Crippen MR) is 184 cm³/mol. The number of ether oxygens (including phenoxy) is 2. The zero-order chi connectivity index (χ0) is 32.9. The SMILES string of the molecule is COc1cc(OC)cc(C(=O)NCc2nnc(SCC(=O)N3N=C(c4cccs4)C[C@@H]3c3ccc(C)cc3)n2-c2cccc(C)c2)c1. The average Bonchev–Trinajstić information content (AvgIpc) is 3.86. The minimum absolute atomic E-state index is 0.101. The molecule has 10 nitrogen and oxygen atoms in total. The van der Waals surface area contributed by atoms with Gasteiger partial charge in [-0.1, -0.05) is 59.8 Å². The van der Waals surface area contributed by atoms with Crippen LogP contribution in [0.2, 0.25) is 0 Å². The number of thioether (sulfide) groups is 1. The van der Waals surface area contributed by atoms with Crippen molar-refractivity contribution < 1.29 is 19.1 Å². The van der Waals surface area contributed by atoms with Crippen LogP contribution in [-0.2, 0) is 11.3 Å². The number of aryl methyl sites for hydroxylation is 2. The predicted octanol–water partition coefficient (Wildman–Crippen LogP) is 6.36. The number of nitrogens with one attached hydrogen (secondary N) is 1. The number of rotatable bonds is 11. The number of benzene rings is 3. The Kier molecular flexibility index (Phi) is 9.69. The summed E-state index contributed by atoms with van der Waals surface area (Å²) in [6, 6.07) is 25.0. The maximum absolute atomic E-state index is 13.8. The van der Waals surface area contributed by atoms with Gasteiger partial charge in [0.25, 0.3) is 11.8 Å². The molecule has 240 valence electrons. The highest BCUT2D eigenvalue weighted by molar-refractivity contribution is 7.99. The summed E-state index contributed by atoms with van der Waals surface area (Å²) in [6.07, 6.45) is 0.641. The molecule has 0 saturated heterocycles. The number of amides is 2. The van der Waals surface area contributed by atoms with E-state index >= 15 is 0 Å². The van der Waals surface area contributed by atoms with Crippen LogP contribution in [0.1, 0.15) is 50.2 Å². The highest BCUT2D eigenvalue weighted by Crippen LogP contribution is 2.35. The molecule has 0 spiro atoms. The van der Waals surface area contributed by atoms with E-state index in [1.54, 1.807) is 34.5 Å². The van der Waals surface area contributed by atoms with Crippen molar-refractivity contribution in [3.63, 3.8) is 0 Å². The zero-order valence-electron chi connectivity index (χ0n) is 26.5. The molecule has 0 bridgehead atoms. The molecule has 2 amide bonds. The third-order valence-corrected chi connectivity index (χ3v) is 9.57. The standard InChI is InChI=1S/C35H34N6O4S2/c1-22-10-12-24(13-11-22)30-19-29(31-9-6-14-46-31)39-41(30)33(42)21-47-35-38-37-32(40(35)26-8-5-7-23(2)15-26)20-36-34(43)25-16-27(44-3)18-28(17-25)45-4/h5-18,30H,19-21H2,1-4H3,(H,36,43)/t30-/m1/s1. The summed E-state index contributed by atoms with van der Waals surface area (Å²) in [5.74, 6) is 1.19. The Balaban J connectivity index is 1.23. The third kappa shape index (κ3) is 7.23. The molecule has 12 heteroatoms. The number of carbonyl (C=O) groups is 2. The number of hydrazone groups is 1. The van der Waals surface area contributed by atoms with Crippen molar-refractivity contribution in [1.29, 1.82) is 0 Å². The highest BCUT2D eigenvalue weighted by atomic mass is 32.2. The van der Waals surface area contributed by atoms with Crippen molar-refractivity contribution in [2.45, 2.75) is 38.0 Å². The molecule has 0 unspecified atom stereocenters. The molecule has 1 aliphatic heterocycles. The van der Waals surface area contributed by atoms with Gasteiger partial charge in [0.05, 0.1) is 43.1 Å². The number of methoxy groups -OCH3 is 2. The first-order chi connectivity index (χ1) is 22.8. The van der Waals surface area contributed by atoms with Crippen LogP contribution < -0.4 is 14.8 Å². The zero-order valence-corrected chi connectivity index (χ0v) is 28.1. The summed E-state index contributed by atoms with van der Waals surface area (Å²) in [5.41, 5.74) is 5.37. The Labute approximate surface area is 281 Å². The molecule has 0 radical (unpaired) electrons. The van der Waals surface area contributed by atoms with Gasteiger partial charge in [-0.05, 0) is 60.7 Å². The lowest BCUT2D eigenvalue weighted by Gasteiger charge is -2.22. The molecule has 2 aromatic heterocycles. The monoisotopic (exact) mass is 666 g/mol. The molecule has 47 heavy (non-hydrogen) atoms. The Morgan fingerprint density at radius 1 is 0.936 bits per heavy atom. The van der Waals surface area contributed by atoms with E-state index in [1.165, 1.54) is 26.0 Å². The second-order valence-corrected chi connectivity index (χ2v) is 12.9. The van der Waals surface area contributed by atoms with Gasteiger partial charge in [-0.15, -0.1) is 21.5 Å². The Morgan fingerprint density at radius 3 is 2.38 bits per heavy atom. The van der Waals surface area contributed by atoms with E-state index in [0.717, 1.165) is 33.0 Å². The summed E-state index contributed by atoms with van der Waals surface area (Å²) in [4.78, 5) is 28.1. The average molecular weight is 667 g/mol. The molecule has 1 N–H and O–H groups in total. The van der Waals surface area contributed by atoms with Crippen molar-refractivity contribution in [3.8, 4) is 17.2 Å². The molecule has 3 aromatic carbocycles. The number of hydrogen-bond donors (Lipinski definition) is 1. The van der Waals surface area contributed by atoms with Crippen LogP contribution in [0, 0.1) is 13.8 Å². The Hall–Kier alpha value is -4.94. The highest BCUT2D eigenvalue weighted by Gasteiger charge is 2.33. The van der Waals surface area contributed by atoms with Crippen LogP contribution in [0.25, 0.3) is 5.69 Å². The summed E-state index contributed by atoms with van der Waals surface area (Å²) < 4.78 is 12.5. The summed E-state index contributed by atoms with van der Waals surface area (Å²) >= 11 is 2.91. The van der Waals surface area contributed by atoms with Crippen LogP contribution in [-0.4, -0.2) is 57.3 Å². The molecule has 0 fully saturated rings. The fourth-order valence-corrected chi connectivity index (χ4v) is 6.85. The molecule has 5 aromatic rings. The van der Waals surface area contributed by atoms with Gasteiger partial charge in [0.1, 0.15) is 11.5 Å². The smallest absolute Gasteiger partial charge is 0.253 e. The number of hydrogen-bond acceptors (Lipinski definition) is 9. The normalized spacial score (nSPS) is 14.2.